The summed E-state index contributed by atoms with van der Waals surface area (Å²) in [5, 5.41) is 2.59. The van der Waals surface area contributed by atoms with E-state index in [1.165, 1.54) is 18.4 Å². The van der Waals surface area contributed by atoms with E-state index in [1.807, 2.05) is 6.07 Å². The van der Waals surface area contributed by atoms with Crippen molar-refractivity contribution in [2.75, 3.05) is 6.54 Å². The average Bonchev–Trinajstić information content (AvgIpc) is 2.29. The van der Waals surface area contributed by atoms with Gasteiger partial charge in [0.25, 0.3) is 0 Å². The second-order valence-electron chi connectivity index (χ2n) is 3.94. The van der Waals surface area contributed by atoms with Gasteiger partial charge in [-0.25, -0.2) is 4.79 Å². The highest BCUT2D eigenvalue weighted by Crippen LogP contribution is 2.07. The van der Waals surface area contributed by atoms with Gasteiger partial charge in [0.15, 0.2) is 0 Å². The molecule has 0 aromatic heterocycles. The zero-order valence-corrected chi connectivity index (χ0v) is 9.61. The summed E-state index contributed by atoms with van der Waals surface area (Å²) in [6, 6.07) is 10.1. The smallest absolute Gasteiger partial charge is 0.312 e. The van der Waals surface area contributed by atoms with E-state index in [-0.39, 0.29) is 0 Å². The number of rotatable bonds is 7. The van der Waals surface area contributed by atoms with E-state index in [4.69, 9.17) is 5.73 Å². The minimum atomic E-state index is -0.427. The molecule has 1 rings (SSSR count). The summed E-state index contributed by atoms with van der Waals surface area (Å²) >= 11 is 0. The lowest BCUT2D eigenvalue weighted by molar-refractivity contribution is 0.248. The molecular weight excluding hydrogens is 200 g/mol. The first-order chi connectivity index (χ1) is 7.79. The monoisotopic (exact) mass is 220 g/mol. The average molecular weight is 220 g/mol. The molecule has 0 aliphatic carbocycles. The molecule has 0 atom stereocenters. The number of unbranched alkanes of at least 4 members (excludes halogenated alkanes) is 3. The zero-order valence-electron chi connectivity index (χ0n) is 9.61. The van der Waals surface area contributed by atoms with Crippen LogP contribution in [0.15, 0.2) is 30.3 Å². The fourth-order valence-corrected chi connectivity index (χ4v) is 1.66. The highest BCUT2D eigenvalue weighted by atomic mass is 16.2. The van der Waals surface area contributed by atoms with Gasteiger partial charge in [0, 0.05) is 6.54 Å². The Morgan fingerprint density at radius 3 is 2.44 bits per heavy atom. The number of hydrogen-bond donors (Lipinski definition) is 2. The molecule has 0 aliphatic heterocycles. The number of nitrogens with one attached hydrogen (secondary N) is 1. The SMILES string of the molecule is NC(=O)NCCCCCCc1ccccc1. The summed E-state index contributed by atoms with van der Waals surface area (Å²) in [4.78, 5) is 10.4. The van der Waals surface area contributed by atoms with Crippen molar-refractivity contribution in [3.8, 4) is 0 Å². The van der Waals surface area contributed by atoms with Crippen LogP contribution in [0.3, 0.4) is 0 Å². The van der Waals surface area contributed by atoms with E-state index in [0.717, 1.165) is 19.3 Å². The van der Waals surface area contributed by atoms with Gasteiger partial charge in [-0.15, -0.1) is 0 Å². The van der Waals surface area contributed by atoms with Crippen LogP contribution in [-0.2, 0) is 6.42 Å². The first kappa shape index (κ1) is 12.6. The van der Waals surface area contributed by atoms with E-state index in [9.17, 15) is 4.79 Å². The molecule has 3 nitrogen and oxygen atoms in total. The van der Waals surface area contributed by atoms with Crippen molar-refractivity contribution in [1.82, 2.24) is 5.32 Å². The van der Waals surface area contributed by atoms with Crippen LogP contribution < -0.4 is 11.1 Å². The third kappa shape index (κ3) is 6.06. The molecule has 0 unspecified atom stereocenters. The fourth-order valence-electron chi connectivity index (χ4n) is 1.66. The van der Waals surface area contributed by atoms with Crippen molar-refractivity contribution >= 4 is 6.03 Å². The van der Waals surface area contributed by atoms with Crippen LogP contribution in [-0.4, -0.2) is 12.6 Å². The fraction of sp³-hybridized carbons (Fsp3) is 0.462. The molecule has 3 N–H and O–H groups in total. The summed E-state index contributed by atoms with van der Waals surface area (Å²) in [6.45, 7) is 0.695. The van der Waals surface area contributed by atoms with E-state index in [1.54, 1.807) is 0 Å². The zero-order chi connectivity index (χ0) is 11.6. The van der Waals surface area contributed by atoms with Crippen molar-refractivity contribution in [2.45, 2.75) is 32.1 Å². The predicted octanol–water partition coefficient (Wildman–Crippen LogP) is 2.46. The van der Waals surface area contributed by atoms with Gasteiger partial charge >= 0.3 is 6.03 Å². The largest absolute Gasteiger partial charge is 0.352 e. The first-order valence-electron chi connectivity index (χ1n) is 5.86. The molecule has 1 aromatic rings. The third-order valence-corrected chi connectivity index (χ3v) is 2.53. The van der Waals surface area contributed by atoms with Gasteiger partial charge in [0.05, 0.1) is 0 Å². The summed E-state index contributed by atoms with van der Waals surface area (Å²) < 4.78 is 0. The number of benzene rings is 1. The number of primary amides is 1. The van der Waals surface area contributed by atoms with Crippen LogP contribution in [0.25, 0.3) is 0 Å². The Balaban J connectivity index is 1.94. The maximum atomic E-state index is 10.4. The third-order valence-electron chi connectivity index (χ3n) is 2.53. The van der Waals surface area contributed by atoms with Gasteiger partial charge in [0.1, 0.15) is 0 Å². The maximum Gasteiger partial charge on any atom is 0.312 e. The lowest BCUT2D eigenvalue weighted by Gasteiger charge is -2.02. The number of urea groups is 1. The van der Waals surface area contributed by atoms with Crippen molar-refractivity contribution < 1.29 is 4.79 Å². The minimum Gasteiger partial charge on any atom is -0.352 e. The number of carbonyl (C=O) groups is 1. The Morgan fingerprint density at radius 1 is 1.06 bits per heavy atom. The molecule has 0 spiro atoms. The van der Waals surface area contributed by atoms with Crippen molar-refractivity contribution in [2.24, 2.45) is 5.73 Å². The van der Waals surface area contributed by atoms with Gasteiger partial charge < -0.3 is 11.1 Å². The number of amides is 2. The Kier molecular flexibility index (Phi) is 6.07. The second kappa shape index (κ2) is 7.74. The van der Waals surface area contributed by atoms with E-state index >= 15 is 0 Å². The molecule has 2 amide bonds. The molecule has 88 valence electrons. The van der Waals surface area contributed by atoms with Gasteiger partial charge in [0.2, 0.25) is 0 Å². The Morgan fingerprint density at radius 2 is 1.75 bits per heavy atom. The predicted molar refractivity (Wildman–Crippen MR) is 66.2 cm³/mol. The Hall–Kier alpha value is -1.51. The number of aryl methyl sites for hydroxylation is 1. The van der Waals surface area contributed by atoms with Crippen LogP contribution in [0, 0.1) is 0 Å². The van der Waals surface area contributed by atoms with Crippen LogP contribution in [0.1, 0.15) is 31.2 Å². The van der Waals surface area contributed by atoms with Crippen LogP contribution in [0.2, 0.25) is 0 Å². The highest BCUT2D eigenvalue weighted by Gasteiger charge is 1.94. The molecule has 16 heavy (non-hydrogen) atoms. The van der Waals surface area contributed by atoms with Crippen molar-refractivity contribution in [3.05, 3.63) is 35.9 Å². The second-order valence-corrected chi connectivity index (χ2v) is 3.94. The van der Waals surface area contributed by atoms with Crippen molar-refractivity contribution in [1.29, 1.82) is 0 Å². The normalized spacial score (nSPS) is 10.0. The summed E-state index contributed by atoms with van der Waals surface area (Å²) in [6.07, 6.45) is 5.71. The minimum absolute atomic E-state index is 0.427. The van der Waals surface area contributed by atoms with E-state index in [0.29, 0.717) is 6.54 Å². The molecule has 3 heteroatoms. The van der Waals surface area contributed by atoms with Gasteiger partial charge in [-0.2, -0.15) is 0 Å². The van der Waals surface area contributed by atoms with Crippen LogP contribution in [0.5, 0.6) is 0 Å². The molecule has 1 aromatic carbocycles. The van der Waals surface area contributed by atoms with Gasteiger partial charge in [-0.05, 0) is 24.8 Å². The van der Waals surface area contributed by atoms with Crippen LogP contribution in [0.4, 0.5) is 4.79 Å². The molecule has 0 bridgehead atoms. The van der Waals surface area contributed by atoms with Crippen LogP contribution >= 0.6 is 0 Å². The van der Waals surface area contributed by atoms with Gasteiger partial charge in [-0.3, -0.25) is 0 Å². The number of hydrogen-bond acceptors (Lipinski definition) is 1. The van der Waals surface area contributed by atoms with Gasteiger partial charge in [-0.1, -0.05) is 43.2 Å². The first-order valence-corrected chi connectivity index (χ1v) is 5.86. The number of nitrogens with two attached hydrogens (primary N) is 1. The molecule has 0 fully saturated rings. The standard InChI is InChI=1S/C13H20N2O/c14-13(16)15-11-7-2-1-4-8-12-9-5-3-6-10-12/h3,5-6,9-10H,1-2,4,7-8,11H2,(H3,14,15,16). The molecule has 0 saturated heterocycles. The summed E-state index contributed by atoms with van der Waals surface area (Å²) in [7, 11) is 0. The Labute approximate surface area is 97.0 Å². The molecule has 0 radical (unpaired) electrons. The van der Waals surface area contributed by atoms with Crippen molar-refractivity contribution in [3.63, 3.8) is 0 Å². The lowest BCUT2D eigenvalue weighted by Crippen LogP contribution is -2.29. The highest BCUT2D eigenvalue weighted by molar-refractivity contribution is 5.71. The quantitative estimate of drug-likeness (QED) is 0.681. The van der Waals surface area contributed by atoms with E-state index in [2.05, 4.69) is 29.6 Å². The molecule has 0 saturated carbocycles. The lowest BCUT2D eigenvalue weighted by atomic mass is 10.1. The topological polar surface area (TPSA) is 55.1 Å². The molecule has 0 aliphatic rings. The summed E-state index contributed by atoms with van der Waals surface area (Å²) in [5.41, 5.74) is 6.36. The van der Waals surface area contributed by atoms with E-state index < -0.39 is 6.03 Å². The number of carbonyl (C=O) groups excluding carboxylic acids is 1. The summed E-state index contributed by atoms with van der Waals surface area (Å²) in [5.74, 6) is 0. The molecular formula is C13H20N2O. The Bertz CT molecular complexity index is 298. The molecule has 0 heterocycles. The maximum absolute atomic E-state index is 10.4.